The van der Waals surface area contributed by atoms with E-state index in [4.69, 9.17) is 4.74 Å². The number of sulfonamides is 1. The first-order valence-corrected chi connectivity index (χ1v) is 13.6. The van der Waals surface area contributed by atoms with E-state index < -0.39 is 16.1 Å². The fraction of sp³-hybridized carbons (Fsp3) is 0.462. The Morgan fingerprint density at radius 1 is 1.09 bits per heavy atom. The third-order valence-electron chi connectivity index (χ3n) is 6.14. The summed E-state index contributed by atoms with van der Waals surface area (Å²) in [5.41, 5.74) is 3.37. The lowest BCUT2D eigenvalue weighted by Crippen LogP contribution is -2.48. The maximum atomic E-state index is 13.3. The number of aryl methyl sites for hydroxylation is 1. The molecule has 2 aromatic rings. The van der Waals surface area contributed by atoms with Crippen molar-refractivity contribution in [2.45, 2.75) is 52.6 Å². The molecule has 35 heavy (non-hydrogen) atoms. The molecule has 0 aliphatic rings. The molecule has 0 unspecified atom stereocenters. The van der Waals surface area contributed by atoms with Crippen LogP contribution in [0.5, 0.6) is 5.75 Å². The molecule has 1 atom stereocenters. The zero-order valence-corrected chi connectivity index (χ0v) is 22.3. The largest absolute Gasteiger partial charge is 0.497 e. The summed E-state index contributed by atoms with van der Waals surface area (Å²) < 4.78 is 31.7. The van der Waals surface area contributed by atoms with Crippen molar-refractivity contribution in [1.82, 2.24) is 10.2 Å². The molecule has 0 aliphatic heterocycles. The molecule has 2 aromatic carbocycles. The maximum Gasteiger partial charge on any atom is 0.242 e. The Morgan fingerprint density at radius 2 is 1.74 bits per heavy atom. The summed E-state index contributed by atoms with van der Waals surface area (Å²) in [6.45, 7) is 6.12. The van der Waals surface area contributed by atoms with Gasteiger partial charge in [0.05, 0.1) is 19.1 Å². The molecular weight excluding hydrogens is 466 g/mol. The quantitative estimate of drug-likeness (QED) is 0.479. The summed E-state index contributed by atoms with van der Waals surface area (Å²) >= 11 is 0. The molecule has 2 rings (SSSR count). The standard InChI is InChI=1S/C26H37N3O5S/c1-7-23(26(31)27-4)28(18-21-13-15-22(34-5)16-14-21)25(30)12-9-17-29(35(6,32)33)24-11-8-10-19(2)20(24)3/h8,10-11,13-16,23H,7,9,12,17-18H2,1-6H3,(H,27,31)/t23-/m1/s1. The van der Waals surface area contributed by atoms with Gasteiger partial charge < -0.3 is 15.0 Å². The predicted octanol–water partition coefficient (Wildman–Crippen LogP) is 3.41. The molecule has 0 saturated heterocycles. The van der Waals surface area contributed by atoms with E-state index in [1.165, 1.54) is 10.6 Å². The number of methoxy groups -OCH3 is 1. The van der Waals surface area contributed by atoms with E-state index >= 15 is 0 Å². The summed E-state index contributed by atoms with van der Waals surface area (Å²) in [7, 11) is -0.401. The lowest BCUT2D eigenvalue weighted by molar-refractivity contribution is -0.141. The van der Waals surface area contributed by atoms with Crippen molar-refractivity contribution >= 4 is 27.5 Å². The molecule has 0 aliphatic carbocycles. The first-order chi connectivity index (χ1) is 16.5. The monoisotopic (exact) mass is 503 g/mol. The molecule has 8 nitrogen and oxygen atoms in total. The van der Waals surface area contributed by atoms with Crippen LogP contribution in [0.15, 0.2) is 42.5 Å². The fourth-order valence-corrected chi connectivity index (χ4v) is 5.02. The van der Waals surface area contributed by atoms with Crippen LogP contribution in [-0.4, -0.2) is 58.1 Å². The highest BCUT2D eigenvalue weighted by Crippen LogP contribution is 2.25. The lowest BCUT2D eigenvalue weighted by atomic mass is 10.1. The van der Waals surface area contributed by atoms with Gasteiger partial charge in [-0.15, -0.1) is 0 Å². The molecule has 0 spiro atoms. The number of nitrogens with one attached hydrogen (secondary N) is 1. The molecule has 0 heterocycles. The summed E-state index contributed by atoms with van der Waals surface area (Å²) in [6, 6.07) is 12.3. The normalized spacial score (nSPS) is 12.1. The number of hydrogen-bond acceptors (Lipinski definition) is 5. The molecule has 0 bridgehead atoms. The topological polar surface area (TPSA) is 96.0 Å². The van der Waals surface area contributed by atoms with Gasteiger partial charge >= 0.3 is 0 Å². The summed E-state index contributed by atoms with van der Waals surface area (Å²) in [6.07, 6.45) is 2.06. The van der Waals surface area contributed by atoms with Crippen LogP contribution in [0.1, 0.15) is 42.9 Å². The minimum atomic E-state index is -3.54. The Labute approximate surface area is 209 Å². The number of amides is 2. The maximum absolute atomic E-state index is 13.3. The number of rotatable bonds is 12. The van der Waals surface area contributed by atoms with Gasteiger partial charge in [-0.25, -0.2) is 8.42 Å². The Morgan fingerprint density at radius 3 is 2.29 bits per heavy atom. The van der Waals surface area contributed by atoms with Crippen LogP contribution in [0.3, 0.4) is 0 Å². The Hall–Kier alpha value is -3.07. The van der Waals surface area contributed by atoms with E-state index in [2.05, 4.69) is 5.32 Å². The van der Waals surface area contributed by atoms with Gasteiger partial charge in [-0.2, -0.15) is 0 Å². The van der Waals surface area contributed by atoms with Crippen molar-refractivity contribution in [3.05, 3.63) is 59.2 Å². The smallest absolute Gasteiger partial charge is 0.242 e. The molecule has 1 N–H and O–H groups in total. The molecule has 0 aromatic heterocycles. The number of anilines is 1. The Kier molecular flexibility index (Phi) is 10.1. The molecule has 2 amide bonds. The van der Waals surface area contributed by atoms with Crippen LogP contribution in [0.2, 0.25) is 0 Å². The third-order valence-corrected chi connectivity index (χ3v) is 7.32. The van der Waals surface area contributed by atoms with Crippen molar-refractivity contribution < 1.29 is 22.7 Å². The zero-order valence-electron chi connectivity index (χ0n) is 21.5. The predicted molar refractivity (Wildman–Crippen MR) is 139 cm³/mol. The van der Waals surface area contributed by atoms with Crippen molar-refractivity contribution in [2.75, 3.05) is 31.3 Å². The van der Waals surface area contributed by atoms with Crippen molar-refractivity contribution in [3.63, 3.8) is 0 Å². The second-order valence-corrected chi connectivity index (χ2v) is 10.5. The first-order valence-electron chi connectivity index (χ1n) is 11.7. The molecule has 0 radical (unpaired) electrons. The van der Waals surface area contributed by atoms with Crippen LogP contribution in [0, 0.1) is 13.8 Å². The van der Waals surface area contributed by atoms with Crippen LogP contribution in [0.4, 0.5) is 5.69 Å². The average molecular weight is 504 g/mol. The van der Waals surface area contributed by atoms with Crippen molar-refractivity contribution in [3.8, 4) is 5.75 Å². The van der Waals surface area contributed by atoms with E-state index in [0.717, 1.165) is 16.7 Å². The fourth-order valence-electron chi connectivity index (χ4n) is 4.00. The van der Waals surface area contributed by atoms with Crippen LogP contribution in [-0.2, 0) is 26.2 Å². The SMILES string of the molecule is CC[C@H](C(=O)NC)N(Cc1ccc(OC)cc1)C(=O)CCCN(c1cccc(C)c1C)S(C)(=O)=O. The summed E-state index contributed by atoms with van der Waals surface area (Å²) in [5, 5.41) is 2.64. The number of hydrogen-bond donors (Lipinski definition) is 1. The van der Waals surface area contributed by atoms with Gasteiger partial charge in [0.1, 0.15) is 11.8 Å². The summed E-state index contributed by atoms with van der Waals surface area (Å²) in [4.78, 5) is 27.4. The van der Waals surface area contributed by atoms with Gasteiger partial charge in [0, 0.05) is 26.6 Å². The first kappa shape index (κ1) is 28.2. The molecule has 0 saturated carbocycles. The van der Waals surface area contributed by atoms with Crippen LogP contribution < -0.4 is 14.4 Å². The zero-order chi connectivity index (χ0) is 26.2. The molecular formula is C26H37N3O5S. The van der Waals surface area contributed by atoms with E-state index in [-0.39, 0.29) is 31.3 Å². The minimum Gasteiger partial charge on any atom is -0.497 e. The Bertz CT molecular complexity index is 1120. The van der Waals surface area contributed by atoms with Crippen molar-refractivity contribution in [1.29, 1.82) is 0 Å². The number of carbonyl (C=O) groups excluding carboxylic acids is 2. The van der Waals surface area contributed by atoms with Gasteiger partial charge in [0.15, 0.2) is 0 Å². The number of likely N-dealkylation sites (N-methyl/N-ethyl adjacent to an activating group) is 1. The summed E-state index contributed by atoms with van der Waals surface area (Å²) in [5.74, 6) is 0.269. The van der Waals surface area contributed by atoms with Gasteiger partial charge in [-0.3, -0.25) is 13.9 Å². The Balaban J connectivity index is 2.22. The minimum absolute atomic E-state index is 0.112. The number of nitrogens with zero attached hydrogens (tertiary/aromatic N) is 2. The van der Waals surface area contributed by atoms with Gasteiger partial charge in [-0.05, 0) is 61.6 Å². The van der Waals surface area contributed by atoms with E-state index in [1.807, 2.05) is 57.2 Å². The highest BCUT2D eigenvalue weighted by Gasteiger charge is 2.28. The van der Waals surface area contributed by atoms with Gasteiger partial charge in [-0.1, -0.05) is 31.2 Å². The second kappa shape index (κ2) is 12.6. The average Bonchev–Trinajstić information content (AvgIpc) is 2.83. The number of carbonyl (C=O) groups is 2. The van der Waals surface area contributed by atoms with Gasteiger partial charge in [0.25, 0.3) is 0 Å². The second-order valence-electron chi connectivity index (χ2n) is 8.57. The molecule has 0 fully saturated rings. The molecule has 192 valence electrons. The van der Waals surface area contributed by atoms with Crippen LogP contribution in [0.25, 0.3) is 0 Å². The highest BCUT2D eigenvalue weighted by molar-refractivity contribution is 7.92. The van der Waals surface area contributed by atoms with Crippen molar-refractivity contribution in [2.24, 2.45) is 0 Å². The van der Waals surface area contributed by atoms with E-state index in [1.54, 1.807) is 25.1 Å². The highest BCUT2D eigenvalue weighted by atomic mass is 32.2. The van der Waals surface area contributed by atoms with E-state index in [0.29, 0.717) is 24.3 Å². The van der Waals surface area contributed by atoms with E-state index in [9.17, 15) is 18.0 Å². The number of benzene rings is 2. The number of ether oxygens (including phenoxy) is 1. The van der Waals surface area contributed by atoms with Gasteiger partial charge in [0.2, 0.25) is 21.8 Å². The molecule has 9 heteroatoms. The van der Waals surface area contributed by atoms with Crippen LogP contribution >= 0.6 is 0 Å². The lowest BCUT2D eigenvalue weighted by Gasteiger charge is -2.31. The third kappa shape index (κ3) is 7.45.